The summed E-state index contributed by atoms with van der Waals surface area (Å²) in [6.45, 7) is 8.00. The molecule has 0 bridgehead atoms. The summed E-state index contributed by atoms with van der Waals surface area (Å²) in [5.74, 6) is 0. The van der Waals surface area contributed by atoms with E-state index in [1.165, 1.54) is 0 Å². The molecule has 1 rings (SSSR count). The van der Waals surface area contributed by atoms with E-state index < -0.39 is 10.0 Å². The maximum absolute atomic E-state index is 10.8. The molecule has 0 fully saturated rings. The lowest BCUT2D eigenvalue weighted by atomic mass is 10.3. The fourth-order valence-electron chi connectivity index (χ4n) is 0.744. The van der Waals surface area contributed by atoms with E-state index in [0.717, 1.165) is 10.7 Å². The van der Waals surface area contributed by atoms with Gasteiger partial charge in [-0.2, -0.15) is 0 Å². The lowest BCUT2D eigenvalue weighted by Crippen LogP contribution is -2.09. The molecule has 0 amide bonds. The van der Waals surface area contributed by atoms with E-state index >= 15 is 0 Å². The van der Waals surface area contributed by atoms with E-state index in [4.69, 9.17) is 0 Å². The molecule has 0 saturated heterocycles. The quantitative estimate of drug-likeness (QED) is 0.901. The molecule has 5 heteroatoms. The molecule has 0 spiro atoms. The van der Waals surface area contributed by atoms with Gasteiger partial charge in [-0.15, -0.1) is 0 Å². The van der Waals surface area contributed by atoms with Crippen LogP contribution < -0.4 is 4.72 Å². The maximum Gasteiger partial charge on any atom is 0.229 e. The molecule has 94 valence electrons. The number of hydrogen-bond acceptors (Lipinski definition) is 2. The van der Waals surface area contributed by atoms with Crippen molar-refractivity contribution in [2.75, 3.05) is 11.0 Å². The molecule has 0 heterocycles. The van der Waals surface area contributed by atoms with Crippen LogP contribution in [0.3, 0.4) is 0 Å². The van der Waals surface area contributed by atoms with Crippen molar-refractivity contribution in [3.63, 3.8) is 0 Å². The van der Waals surface area contributed by atoms with E-state index in [9.17, 15) is 8.42 Å². The highest BCUT2D eigenvalue weighted by atomic mass is 79.9. The Balaban J connectivity index is 0. The van der Waals surface area contributed by atoms with Crippen LogP contribution in [0.1, 0.15) is 27.7 Å². The van der Waals surface area contributed by atoms with Crippen molar-refractivity contribution in [3.8, 4) is 0 Å². The Morgan fingerprint density at radius 2 is 1.50 bits per heavy atom. The first-order chi connectivity index (χ1) is 7.49. The molecule has 0 aliphatic heterocycles. The number of para-hydroxylation sites is 1. The van der Waals surface area contributed by atoms with Crippen molar-refractivity contribution in [2.45, 2.75) is 27.7 Å². The van der Waals surface area contributed by atoms with Gasteiger partial charge in [0.05, 0.1) is 11.9 Å². The van der Waals surface area contributed by atoms with Gasteiger partial charge in [0.2, 0.25) is 10.0 Å². The zero-order valence-corrected chi connectivity index (χ0v) is 12.8. The standard InChI is InChI=1S/C7H8BrNO2S.2C2H6/c1-12(10,11)9-7-5-3-2-4-6(7)8;2*1-2/h2-5,9H,1H3;2*1-2H3. The zero-order valence-electron chi connectivity index (χ0n) is 10.4. The van der Waals surface area contributed by atoms with Gasteiger partial charge in [0.15, 0.2) is 0 Å². The van der Waals surface area contributed by atoms with Gasteiger partial charge in [-0.3, -0.25) is 4.72 Å². The van der Waals surface area contributed by atoms with E-state index in [-0.39, 0.29) is 0 Å². The first kappa shape index (κ1) is 17.8. The molecule has 1 aromatic rings. The molecule has 1 N–H and O–H groups in total. The third-order valence-electron chi connectivity index (χ3n) is 1.17. The van der Waals surface area contributed by atoms with Gasteiger partial charge in [-0.25, -0.2) is 8.42 Å². The lowest BCUT2D eigenvalue weighted by Gasteiger charge is -2.04. The van der Waals surface area contributed by atoms with Gasteiger partial charge in [0.25, 0.3) is 0 Å². The van der Waals surface area contributed by atoms with Crippen LogP contribution in [0.15, 0.2) is 28.7 Å². The molecule has 0 aromatic heterocycles. The zero-order chi connectivity index (χ0) is 13.2. The Labute approximate surface area is 107 Å². The fraction of sp³-hybridized carbons (Fsp3) is 0.455. The summed E-state index contributed by atoms with van der Waals surface area (Å²) < 4.78 is 24.7. The summed E-state index contributed by atoms with van der Waals surface area (Å²) in [7, 11) is -3.18. The monoisotopic (exact) mass is 309 g/mol. The van der Waals surface area contributed by atoms with Crippen molar-refractivity contribution >= 4 is 31.6 Å². The number of sulfonamides is 1. The highest BCUT2D eigenvalue weighted by Crippen LogP contribution is 2.21. The molecule has 0 radical (unpaired) electrons. The molecule has 0 aliphatic rings. The van der Waals surface area contributed by atoms with Crippen molar-refractivity contribution in [3.05, 3.63) is 28.7 Å². The van der Waals surface area contributed by atoms with Crippen LogP contribution in [0.25, 0.3) is 0 Å². The number of halogens is 1. The summed E-state index contributed by atoms with van der Waals surface area (Å²) in [5, 5.41) is 0. The van der Waals surface area contributed by atoms with Crippen LogP contribution in [0.2, 0.25) is 0 Å². The van der Waals surface area contributed by atoms with Gasteiger partial charge in [-0.05, 0) is 28.1 Å². The second-order valence-electron chi connectivity index (χ2n) is 2.35. The summed E-state index contributed by atoms with van der Waals surface area (Å²) in [6, 6.07) is 7.04. The molecule has 3 nitrogen and oxygen atoms in total. The molecule has 0 unspecified atom stereocenters. The molecule has 0 aliphatic carbocycles. The van der Waals surface area contributed by atoms with Gasteiger partial charge in [-0.1, -0.05) is 39.8 Å². The molecule has 0 atom stereocenters. The fourth-order valence-corrected chi connectivity index (χ4v) is 1.84. The minimum absolute atomic E-state index is 0.556. The summed E-state index contributed by atoms with van der Waals surface area (Å²) in [5.41, 5.74) is 0.556. The van der Waals surface area contributed by atoms with E-state index in [1.54, 1.807) is 18.2 Å². The Hall–Kier alpha value is -0.550. The van der Waals surface area contributed by atoms with E-state index in [1.807, 2.05) is 33.8 Å². The van der Waals surface area contributed by atoms with Crippen LogP contribution >= 0.6 is 15.9 Å². The summed E-state index contributed by atoms with van der Waals surface area (Å²) in [4.78, 5) is 0. The first-order valence-electron chi connectivity index (χ1n) is 5.21. The van der Waals surface area contributed by atoms with Crippen LogP contribution in [-0.4, -0.2) is 14.7 Å². The minimum atomic E-state index is -3.18. The normalized spacial score (nSPS) is 9.12. The summed E-state index contributed by atoms with van der Waals surface area (Å²) in [6.07, 6.45) is 1.12. The lowest BCUT2D eigenvalue weighted by molar-refractivity contribution is 0.607. The number of benzene rings is 1. The van der Waals surface area contributed by atoms with Crippen LogP contribution in [0, 0.1) is 0 Å². The smallest absolute Gasteiger partial charge is 0.229 e. The van der Waals surface area contributed by atoms with Gasteiger partial charge < -0.3 is 0 Å². The third kappa shape index (κ3) is 8.73. The Bertz CT molecular complexity index is 377. The number of hydrogen-bond donors (Lipinski definition) is 1. The van der Waals surface area contributed by atoms with Crippen LogP contribution in [0.5, 0.6) is 0 Å². The molecular weight excluding hydrogens is 290 g/mol. The minimum Gasteiger partial charge on any atom is -0.283 e. The Morgan fingerprint density at radius 1 is 1.06 bits per heavy atom. The van der Waals surface area contributed by atoms with Gasteiger partial charge in [0, 0.05) is 4.47 Å². The summed E-state index contributed by atoms with van der Waals surface area (Å²) >= 11 is 3.22. The maximum atomic E-state index is 10.8. The average Bonchev–Trinajstić information content (AvgIpc) is 2.26. The highest BCUT2D eigenvalue weighted by molar-refractivity contribution is 9.10. The molecule has 16 heavy (non-hydrogen) atoms. The van der Waals surface area contributed by atoms with Crippen LogP contribution in [-0.2, 0) is 10.0 Å². The SMILES string of the molecule is CC.CC.CS(=O)(=O)Nc1ccccc1Br. The predicted octanol–water partition coefficient (Wildman–Crippen LogP) is 3.87. The van der Waals surface area contributed by atoms with Crippen molar-refractivity contribution in [2.24, 2.45) is 0 Å². The number of nitrogens with one attached hydrogen (secondary N) is 1. The van der Waals surface area contributed by atoms with Crippen molar-refractivity contribution in [1.82, 2.24) is 0 Å². The second-order valence-corrected chi connectivity index (χ2v) is 4.96. The van der Waals surface area contributed by atoms with Crippen molar-refractivity contribution < 1.29 is 8.42 Å². The van der Waals surface area contributed by atoms with E-state index in [0.29, 0.717) is 5.69 Å². The Morgan fingerprint density at radius 3 is 1.88 bits per heavy atom. The van der Waals surface area contributed by atoms with E-state index in [2.05, 4.69) is 20.7 Å². The highest BCUT2D eigenvalue weighted by Gasteiger charge is 2.03. The average molecular weight is 310 g/mol. The first-order valence-corrected chi connectivity index (χ1v) is 7.90. The van der Waals surface area contributed by atoms with Crippen LogP contribution in [0.4, 0.5) is 5.69 Å². The number of rotatable bonds is 2. The molecular formula is C11H20BrNO2S. The predicted molar refractivity (Wildman–Crippen MR) is 75.3 cm³/mol. The largest absolute Gasteiger partial charge is 0.283 e. The Kier molecular flexibility index (Phi) is 10.8. The molecule has 1 aromatic carbocycles. The second kappa shape index (κ2) is 9.66. The molecule has 0 saturated carbocycles. The topological polar surface area (TPSA) is 46.2 Å². The third-order valence-corrected chi connectivity index (χ3v) is 2.45. The van der Waals surface area contributed by atoms with Gasteiger partial charge >= 0.3 is 0 Å². The number of anilines is 1. The van der Waals surface area contributed by atoms with Crippen molar-refractivity contribution in [1.29, 1.82) is 0 Å². The van der Waals surface area contributed by atoms with Gasteiger partial charge in [0.1, 0.15) is 0 Å².